The van der Waals surface area contributed by atoms with Gasteiger partial charge in [-0.15, -0.1) is 0 Å². The lowest BCUT2D eigenvalue weighted by atomic mass is 10.1. The number of likely N-dealkylation sites (tertiary alicyclic amines) is 1. The Kier molecular flexibility index (Phi) is 7.48. The van der Waals surface area contributed by atoms with Crippen molar-refractivity contribution in [1.82, 2.24) is 4.90 Å². The van der Waals surface area contributed by atoms with Crippen LogP contribution in [0.25, 0.3) is 0 Å². The second-order valence-electron chi connectivity index (χ2n) is 7.05. The molecule has 0 bridgehead atoms. The maximum atomic E-state index is 12.7. The second kappa shape index (κ2) is 10.5. The Hall–Kier alpha value is -3.55. The molecule has 0 aliphatic carbocycles. The lowest BCUT2D eigenvalue weighted by Crippen LogP contribution is -2.54. The van der Waals surface area contributed by atoms with Gasteiger partial charge >= 0.3 is 18.0 Å². The van der Waals surface area contributed by atoms with Crippen LogP contribution in [0, 0.1) is 0 Å². The zero-order chi connectivity index (χ0) is 22.2. The Morgan fingerprint density at radius 3 is 2.35 bits per heavy atom. The lowest BCUT2D eigenvalue weighted by molar-refractivity contribution is -0.172. The normalized spacial score (nSPS) is 18.1. The summed E-state index contributed by atoms with van der Waals surface area (Å²) in [6.07, 6.45) is -1.49. The standard InChI is InChI=1S/C23H25NO7/c1-16(25)30-21-20(31-22(26)18-10-12-19(28-2)13-11-18)9-6-14-24(21)23(27)29-15-17-7-4-3-5-8-17/h3-5,7-8,10-13,20-21H,6,9,14-15H2,1-2H3. The van der Waals surface area contributed by atoms with Gasteiger partial charge in [-0.25, -0.2) is 9.59 Å². The second-order valence-corrected chi connectivity index (χ2v) is 7.05. The zero-order valence-corrected chi connectivity index (χ0v) is 17.5. The number of ether oxygens (including phenoxy) is 4. The van der Waals surface area contributed by atoms with E-state index in [0.717, 1.165) is 5.56 Å². The van der Waals surface area contributed by atoms with Crippen LogP contribution >= 0.6 is 0 Å². The highest BCUT2D eigenvalue weighted by Gasteiger charge is 2.40. The monoisotopic (exact) mass is 427 g/mol. The molecular formula is C23H25NO7. The number of benzene rings is 2. The lowest BCUT2D eigenvalue weighted by Gasteiger charge is -2.38. The molecule has 8 heteroatoms. The quantitative estimate of drug-likeness (QED) is 0.514. The van der Waals surface area contributed by atoms with Crippen molar-refractivity contribution in [2.45, 2.75) is 38.7 Å². The van der Waals surface area contributed by atoms with Crippen LogP contribution in [0.1, 0.15) is 35.7 Å². The zero-order valence-electron chi connectivity index (χ0n) is 17.5. The molecule has 1 amide bonds. The van der Waals surface area contributed by atoms with Gasteiger partial charge in [0.05, 0.1) is 12.7 Å². The van der Waals surface area contributed by atoms with E-state index in [1.54, 1.807) is 24.3 Å². The number of hydrogen-bond acceptors (Lipinski definition) is 7. The molecule has 1 aliphatic rings. The van der Waals surface area contributed by atoms with Gasteiger partial charge in [0.2, 0.25) is 6.23 Å². The van der Waals surface area contributed by atoms with E-state index in [4.69, 9.17) is 18.9 Å². The highest BCUT2D eigenvalue weighted by Crippen LogP contribution is 2.24. The van der Waals surface area contributed by atoms with Crippen LogP contribution in [-0.4, -0.2) is 48.9 Å². The van der Waals surface area contributed by atoms with Crippen LogP contribution in [0.5, 0.6) is 5.75 Å². The van der Waals surface area contributed by atoms with E-state index < -0.39 is 30.4 Å². The first-order chi connectivity index (χ1) is 15.0. The van der Waals surface area contributed by atoms with Crippen LogP contribution < -0.4 is 4.74 Å². The van der Waals surface area contributed by atoms with Crippen molar-refractivity contribution < 1.29 is 33.3 Å². The number of amides is 1. The van der Waals surface area contributed by atoms with E-state index in [2.05, 4.69) is 0 Å². The van der Waals surface area contributed by atoms with Gasteiger partial charge in [0.1, 0.15) is 12.4 Å². The molecule has 2 atom stereocenters. The van der Waals surface area contributed by atoms with Crippen LogP contribution in [0.15, 0.2) is 54.6 Å². The molecule has 2 unspecified atom stereocenters. The van der Waals surface area contributed by atoms with Crippen LogP contribution in [0.3, 0.4) is 0 Å². The summed E-state index contributed by atoms with van der Waals surface area (Å²) in [6.45, 7) is 1.64. The van der Waals surface area contributed by atoms with Crippen molar-refractivity contribution in [3.63, 3.8) is 0 Å². The van der Waals surface area contributed by atoms with Crippen molar-refractivity contribution in [2.24, 2.45) is 0 Å². The summed E-state index contributed by atoms with van der Waals surface area (Å²) in [4.78, 5) is 38.3. The molecule has 1 saturated heterocycles. The third kappa shape index (κ3) is 5.97. The van der Waals surface area contributed by atoms with E-state index in [-0.39, 0.29) is 6.61 Å². The minimum absolute atomic E-state index is 0.0826. The third-order valence-corrected chi connectivity index (χ3v) is 4.82. The summed E-state index contributed by atoms with van der Waals surface area (Å²) < 4.78 is 21.4. The van der Waals surface area contributed by atoms with Gasteiger partial charge in [0.25, 0.3) is 0 Å². The number of rotatable bonds is 6. The molecule has 1 aliphatic heterocycles. The maximum absolute atomic E-state index is 12.7. The van der Waals surface area contributed by atoms with E-state index in [1.165, 1.54) is 18.9 Å². The Labute approximate surface area is 180 Å². The van der Waals surface area contributed by atoms with Gasteiger partial charge in [-0.2, -0.15) is 0 Å². The van der Waals surface area contributed by atoms with Crippen molar-refractivity contribution in [1.29, 1.82) is 0 Å². The van der Waals surface area contributed by atoms with Crippen LogP contribution in [-0.2, 0) is 25.6 Å². The van der Waals surface area contributed by atoms with Gasteiger partial charge in [-0.3, -0.25) is 9.69 Å². The van der Waals surface area contributed by atoms with Crippen molar-refractivity contribution in [3.8, 4) is 5.75 Å². The highest BCUT2D eigenvalue weighted by atomic mass is 16.6. The fraction of sp³-hybridized carbons (Fsp3) is 0.348. The molecule has 2 aromatic carbocycles. The van der Waals surface area contributed by atoms with Gasteiger partial charge in [-0.05, 0) is 42.7 Å². The third-order valence-electron chi connectivity index (χ3n) is 4.82. The molecule has 8 nitrogen and oxygen atoms in total. The van der Waals surface area contributed by atoms with Crippen LogP contribution in [0.4, 0.5) is 4.79 Å². The minimum atomic E-state index is -1.06. The number of nitrogens with zero attached hydrogens (tertiary/aromatic N) is 1. The first-order valence-corrected chi connectivity index (χ1v) is 9.97. The van der Waals surface area contributed by atoms with Crippen molar-refractivity contribution in [3.05, 3.63) is 65.7 Å². The Morgan fingerprint density at radius 2 is 1.71 bits per heavy atom. The van der Waals surface area contributed by atoms with Gasteiger partial charge < -0.3 is 18.9 Å². The molecule has 2 aromatic rings. The molecule has 0 aromatic heterocycles. The molecule has 0 spiro atoms. The SMILES string of the molecule is COc1ccc(C(=O)OC2CCCN(C(=O)OCc3ccccc3)C2OC(C)=O)cc1. The van der Waals surface area contributed by atoms with Gasteiger partial charge in [0, 0.05) is 13.5 Å². The predicted octanol–water partition coefficient (Wildman–Crippen LogP) is 3.54. The fourth-order valence-corrected chi connectivity index (χ4v) is 3.29. The Bertz CT molecular complexity index is 898. The number of hydrogen-bond donors (Lipinski definition) is 0. The molecular weight excluding hydrogens is 402 g/mol. The number of esters is 2. The largest absolute Gasteiger partial charge is 0.497 e. The smallest absolute Gasteiger partial charge is 0.413 e. The Balaban J connectivity index is 1.69. The van der Waals surface area contributed by atoms with Crippen molar-refractivity contribution in [2.75, 3.05) is 13.7 Å². The predicted molar refractivity (Wildman–Crippen MR) is 110 cm³/mol. The molecule has 0 saturated carbocycles. The first kappa shape index (κ1) is 22.1. The molecule has 0 radical (unpaired) electrons. The number of carbonyl (C=O) groups excluding carboxylic acids is 3. The molecule has 1 fully saturated rings. The fourth-order valence-electron chi connectivity index (χ4n) is 3.29. The van der Waals surface area contributed by atoms with Gasteiger partial charge in [-0.1, -0.05) is 30.3 Å². The first-order valence-electron chi connectivity index (χ1n) is 9.97. The average molecular weight is 427 g/mol. The Morgan fingerprint density at radius 1 is 1.00 bits per heavy atom. The number of piperidine rings is 1. The van der Waals surface area contributed by atoms with Gasteiger partial charge in [0.15, 0.2) is 6.10 Å². The summed E-state index contributed by atoms with van der Waals surface area (Å²) in [7, 11) is 1.53. The number of methoxy groups -OCH3 is 1. The van der Waals surface area contributed by atoms with Crippen molar-refractivity contribution >= 4 is 18.0 Å². The van der Waals surface area contributed by atoms with E-state index in [1.807, 2.05) is 30.3 Å². The molecule has 3 rings (SSSR count). The summed E-state index contributed by atoms with van der Waals surface area (Å²) in [6, 6.07) is 15.7. The highest BCUT2D eigenvalue weighted by molar-refractivity contribution is 5.89. The summed E-state index contributed by atoms with van der Waals surface area (Å²) in [5.41, 5.74) is 1.16. The van der Waals surface area contributed by atoms with E-state index >= 15 is 0 Å². The molecule has 31 heavy (non-hydrogen) atoms. The van der Waals surface area contributed by atoms with E-state index in [9.17, 15) is 14.4 Å². The minimum Gasteiger partial charge on any atom is -0.497 e. The summed E-state index contributed by atoms with van der Waals surface area (Å²) in [5, 5.41) is 0. The maximum Gasteiger partial charge on any atom is 0.413 e. The topological polar surface area (TPSA) is 91.4 Å². The van der Waals surface area contributed by atoms with Crippen LogP contribution in [0.2, 0.25) is 0 Å². The molecule has 164 valence electrons. The summed E-state index contributed by atoms with van der Waals surface area (Å²) in [5.74, 6) is -0.554. The molecule has 0 N–H and O–H groups in total. The summed E-state index contributed by atoms with van der Waals surface area (Å²) >= 11 is 0. The van der Waals surface area contributed by atoms with E-state index in [0.29, 0.717) is 30.7 Å². The molecule has 1 heterocycles. The number of carbonyl (C=O) groups is 3. The average Bonchev–Trinajstić information content (AvgIpc) is 2.79.